The molecule has 9 rings (SSSR count). The van der Waals surface area contributed by atoms with E-state index in [1.807, 2.05) is 0 Å². The third kappa shape index (κ3) is 6.27. The van der Waals surface area contributed by atoms with Crippen molar-refractivity contribution in [3.8, 4) is 0 Å². The number of hydrogen-bond acceptors (Lipinski definition) is 13. The number of allylic oxidation sites excluding steroid dienone is 5. The normalized spacial score (nSPS) is 41.6. The maximum atomic E-state index is 13.3. The first-order valence-electron chi connectivity index (χ1n) is 21.2. The molecule has 0 aromatic heterocycles. The highest BCUT2D eigenvalue weighted by Crippen LogP contribution is 2.86. The minimum atomic E-state index is -0.677. The molecule has 0 aromatic rings. The number of fused-ring (bicyclic) bond motifs is 3. The molecule has 338 valence electrons. The standard InChI is InChI=1S/C23H30O5.C23H30O4.2CO2.CH4/c1-13-7-8-22-17(19(13,4)5)16(18(25)26-6)20-11-14(2)21(12-20,27-15(3)24)9-10-23(20,22)28-22;1-13-7-8-16-17-9-10-23(27-15(3)24)12-22(17,11-14(23)2)19(20(25)26-6)18(16)21(13,4)5;2*2-1-3;/h7-8,13,16-17H,2,9-12H2,1,3-6H3;7-8,13,18-19H,2,9-12H2,1,3-6H3;;;1H4/t13-,16+,17+,20+,21-,22-,23+;13-,18+,19+,22-,23-;;;/m00.../s1. The molecule has 9 aliphatic rings. The quantitative estimate of drug-likeness (QED) is 0.118. The monoisotopic (exact) mass is 860 g/mol. The highest BCUT2D eigenvalue weighted by molar-refractivity contribution is 5.80. The van der Waals surface area contributed by atoms with Gasteiger partial charge >= 0.3 is 36.2 Å². The number of hydrogen-bond donors (Lipinski definition) is 0. The van der Waals surface area contributed by atoms with E-state index in [-0.39, 0.29) is 89.1 Å². The van der Waals surface area contributed by atoms with Crippen LogP contribution in [0.5, 0.6) is 0 Å². The minimum Gasteiger partial charge on any atom is -0.469 e. The number of esters is 4. The van der Waals surface area contributed by atoms with Crippen LogP contribution in [0.3, 0.4) is 0 Å². The zero-order valence-corrected chi connectivity index (χ0v) is 37.2. The third-order valence-corrected chi connectivity index (χ3v) is 17.3. The third-order valence-electron chi connectivity index (χ3n) is 17.3. The van der Waals surface area contributed by atoms with Gasteiger partial charge in [0.25, 0.3) is 0 Å². The summed E-state index contributed by atoms with van der Waals surface area (Å²) in [5.41, 5.74) is 1.54. The van der Waals surface area contributed by atoms with E-state index in [4.69, 9.17) is 42.9 Å². The van der Waals surface area contributed by atoms with Crippen LogP contribution in [0, 0.1) is 57.2 Å². The molecule has 8 aliphatic carbocycles. The highest BCUT2D eigenvalue weighted by atomic mass is 16.6. The lowest BCUT2D eigenvalue weighted by Gasteiger charge is -2.48. The van der Waals surface area contributed by atoms with E-state index >= 15 is 0 Å². The topological polar surface area (TPSA) is 186 Å². The van der Waals surface area contributed by atoms with Crippen molar-refractivity contribution < 1.29 is 62.0 Å². The lowest BCUT2D eigenvalue weighted by molar-refractivity contribution is -0.193. The smallest absolute Gasteiger partial charge is 0.373 e. The van der Waals surface area contributed by atoms with E-state index in [1.165, 1.54) is 39.2 Å². The molecule has 12 atom stereocenters. The summed E-state index contributed by atoms with van der Waals surface area (Å²) in [4.78, 5) is 82.6. The van der Waals surface area contributed by atoms with Crippen molar-refractivity contribution >= 4 is 36.2 Å². The molecule has 6 fully saturated rings. The number of ether oxygens (including phenoxy) is 5. The molecule has 0 unspecified atom stereocenters. The first kappa shape index (κ1) is 48.3. The van der Waals surface area contributed by atoms with Gasteiger partial charge in [-0.3, -0.25) is 19.2 Å². The van der Waals surface area contributed by atoms with Crippen molar-refractivity contribution in [2.45, 2.75) is 137 Å². The Morgan fingerprint density at radius 2 is 1.26 bits per heavy atom. The zero-order valence-electron chi connectivity index (χ0n) is 37.2. The van der Waals surface area contributed by atoms with Gasteiger partial charge in [-0.25, -0.2) is 0 Å². The average Bonchev–Trinajstić information content (AvgIpc) is 3.39. The molecule has 4 spiro atoms. The number of carbonyl (C=O) groups is 4. The van der Waals surface area contributed by atoms with Crippen molar-refractivity contribution in [2.75, 3.05) is 14.2 Å². The van der Waals surface area contributed by atoms with Gasteiger partial charge in [-0.15, -0.1) is 0 Å². The van der Waals surface area contributed by atoms with Crippen LogP contribution < -0.4 is 0 Å². The molecule has 1 heterocycles. The van der Waals surface area contributed by atoms with Crippen molar-refractivity contribution in [1.82, 2.24) is 0 Å². The maximum absolute atomic E-state index is 13.3. The van der Waals surface area contributed by atoms with Crippen molar-refractivity contribution in [3.63, 3.8) is 0 Å². The van der Waals surface area contributed by atoms with Crippen LogP contribution >= 0.6 is 0 Å². The molecule has 1 saturated heterocycles. The average molecular weight is 861 g/mol. The van der Waals surface area contributed by atoms with Crippen LogP contribution in [0.1, 0.15) is 114 Å². The Balaban J connectivity index is 0.000000205. The second kappa shape index (κ2) is 15.8. The van der Waals surface area contributed by atoms with Gasteiger partial charge in [0.1, 0.15) is 22.4 Å². The van der Waals surface area contributed by atoms with Gasteiger partial charge < -0.3 is 23.7 Å². The highest BCUT2D eigenvalue weighted by Gasteiger charge is 2.94. The molecule has 13 nitrogen and oxygen atoms in total. The van der Waals surface area contributed by atoms with E-state index in [0.717, 1.165) is 30.4 Å². The Labute approximate surface area is 365 Å². The van der Waals surface area contributed by atoms with Crippen LogP contribution in [0.15, 0.2) is 59.8 Å². The molecule has 1 aliphatic heterocycles. The van der Waals surface area contributed by atoms with E-state index in [9.17, 15) is 19.2 Å². The minimum absolute atomic E-state index is 0. The van der Waals surface area contributed by atoms with Gasteiger partial charge in [-0.1, -0.05) is 92.0 Å². The second-order valence-electron chi connectivity index (χ2n) is 20.1. The maximum Gasteiger partial charge on any atom is 0.373 e. The molecule has 5 saturated carbocycles. The van der Waals surface area contributed by atoms with Crippen LogP contribution in [0.4, 0.5) is 0 Å². The van der Waals surface area contributed by atoms with Crippen molar-refractivity contribution in [1.29, 1.82) is 0 Å². The lowest BCUT2D eigenvalue weighted by Crippen LogP contribution is -2.51. The van der Waals surface area contributed by atoms with E-state index in [0.29, 0.717) is 43.9 Å². The number of methoxy groups -OCH3 is 2. The predicted molar refractivity (Wildman–Crippen MR) is 222 cm³/mol. The first-order chi connectivity index (χ1) is 28.4. The van der Waals surface area contributed by atoms with Gasteiger partial charge in [-0.2, -0.15) is 19.2 Å². The summed E-state index contributed by atoms with van der Waals surface area (Å²) in [6, 6.07) is 0. The Morgan fingerprint density at radius 3 is 1.81 bits per heavy atom. The molecule has 13 heteroatoms. The number of carbonyl (C=O) groups excluding carboxylic acids is 8. The Bertz CT molecular complexity index is 2100. The summed E-state index contributed by atoms with van der Waals surface area (Å²) in [7, 11) is 2.96. The van der Waals surface area contributed by atoms with E-state index in [2.05, 4.69) is 79.0 Å². The fourth-order valence-corrected chi connectivity index (χ4v) is 14.3. The predicted octanol–water partition coefficient (Wildman–Crippen LogP) is 7.41. The zero-order chi connectivity index (χ0) is 45.5. The van der Waals surface area contributed by atoms with Gasteiger partial charge in [0.05, 0.1) is 26.1 Å². The Hall–Kier alpha value is -4.70. The molecule has 4 bridgehead atoms. The van der Waals surface area contributed by atoms with Crippen LogP contribution in [0.2, 0.25) is 0 Å². The lowest BCUT2D eigenvalue weighted by atomic mass is 9.58. The molecule has 0 amide bonds. The summed E-state index contributed by atoms with van der Waals surface area (Å²) in [6.07, 6.45) is 15.2. The molecule has 0 radical (unpaired) electrons. The largest absolute Gasteiger partial charge is 0.469 e. The van der Waals surface area contributed by atoms with Crippen molar-refractivity contribution in [2.24, 2.45) is 57.2 Å². The summed E-state index contributed by atoms with van der Waals surface area (Å²) >= 11 is 0. The summed E-state index contributed by atoms with van der Waals surface area (Å²) in [6.45, 7) is 25.0. The Kier molecular flexibility index (Phi) is 12.3. The van der Waals surface area contributed by atoms with Crippen LogP contribution in [0.25, 0.3) is 0 Å². The Morgan fingerprint density at radius 1 is 0.742 bits per heavy atom. The van der Waals surface area contributed by atoms with Gasteiger partial charge in [-0.05, 0) is 77.9 Å². The van der Waals surface area contributed by atoms with Crippen molar-refractivity contribution in [3.05, 3.63) is 59.8 Å². The van der Waals surface area contributed by atoms with E-state index in [1.54, 1.807) is 0 Å². The summed E-state index contributed by atoms with van der Waals surface area (Å²) < 4.78 is 29.1. The number of rotatable bonds is 4. The fourth-order valence-electron chi connectivity index (χ4n) is 14.3. The van der Waals surface area contributed by atoms with Gasteiger partial charge in [0.2, 0.25) is 0 Å². The fraction of sp³-hybridized carbons (Fsp3) is 0.673. The van der Waals surface area contributed by atoms with Crippen LogP contribution in [-0.2, 0) is 62.0 Å². The first-order valence-corrected chi connectivity index (χ1v) is 21.2. The molecule has 0 aromatic carbocycles. The molecular weight excluding hydrogens is 797 g/mol. The van der Waals surface area contributed by atoms with Gasteiger partial charge in [0, 0.05) is 49.4 Å². The van der Waals surface area contributed by atoms with Gasteiger partial charge in [0.15, 0.2) is 0 Å². The second-order valence-corrected chi connectivity index (χ2v) is 20.1. The van der Waals surface area contributed by atoms with E-state index < -0.39 is 22.2 Å². The number of epoxide rings is 1. The molecule has 0 N–H and O–H groups in total. The molecular formula is C49H64O13. The molecule has 62 heavy (non-hydrogen) atoms. The van der Waals surface area contributed by atoms with Crippen LogP contribution in [-0.4, -0.2) is 72.8 Å². The summed E-state index contributed by atoms with van der Waals surface area (Å²) in [5, 5.41) is 0. The summed E-state index contributed by atoms with van der Waals surface area (Å²) in [5.74, 6) is -0.547. The SMILES string of the molecule is C.C=C1C[C@]23C[C@@]1(OC(C)=O)CCC2=C1C=C[C@H](C)C(C)(C)[C@H]1[C@@H]3C(=O)OC.C=C1C[C@]23C[C@@]1(OC(C)=O)CC[C@@]21O[C@]12C=C[C@H](C)C(C)(C)[C@H]2[C@@H]3C(=O)OC.O=C=O.O=C=O.